The van der Waals surface area contributed by atoms with Crippen LogP contribution in [-0.4, -0.2) is 0 Å². The predicted octanol–water partition coefficient (Wildman–Crippen LogP) is 6.32. The summed E-state index contributed by atoms with van der Waals surface area (Å²) in [5.74, 6) is -2.38. The largest absolute Gasteiger partial charge is 0.207 e. The first kappa shape index (κ1) is 16.3. The van der Waals surface area contributed by atoms with Gasteiger partial charge in [0.2, 0.25) is 0 Å². The highest BCUT2D eigenvalue weighted by atomic mass is 19.2. The molecule has 0 amide bonds. The number of aryl methyl sites for hydroxylation is 1. The summed E-state index contributed by atoms with van der Waals surface area (Å²) in [6, 6.07) is 11.5. The molecule has 0 aliphatic heterocycles. The second-order valence-electron chi connectivity index (χ2n) is 5.29. The Balaban J connectivity index is 2.15. The molecule has 0 heterocycles. The number of unbranched alkanes of at least 4 members (excludes halogenated alkanes) is 2. The Morgan fingerprint density at radius 1 is 0.773 bits per heavy atom. The van der Waals surface area contributed by atoms with Crippen molar-refractivity contribution in [3.8, 4) is 0 Å². The van der Waals surface area contributed by atoms with Crippen LogP contribution in [-0.2, 0) is 6.42 Å². The lowest BCUT2D eigenvalue weighted by Crippen LogP contribution is -1.88. The molecule has 116 valence electrons. The van der Waals surface area contributed by atoms with E-state index in [1.165, 1.54) is 12.1 Å². The predicted molar refractivity (Wildman–Crippen MR) is 85.1 cm³/mol. The number of hydrogen-bond donors (Lipinski definition) is 0. The van der Waals surface area contributed by atoms with E-state index >= 15 is 0 Å². The smallest absolute Gasteiger partial charge is 0.166 e. The summed E-state index contributed by atoms with van der Waals surface area (Å²) >= 11 is 0. The second kappa shape index (κ2) is 7.83. The fourth-order valence-electron chi connectivity index (χ4n) is 2.25. The molecule has 2 aromatic rings. The van der Waals surface area contributed by atoms with Gasteiger partial charge in [0.25, 0.3) is 0 Å². The van der Waals surface area contributed by atoms with Crippen LogP contribution in [0, 0.1) is 5.82 Å². The Labute approximate surface area is 129 Å². The zero-order chi connectivity index (χ0) is 15.9. The molecule has 22 heavy (non-hydrogen) atoms. The van der Waals surface area contributed by atoms with Gasteiger partial charge < -0.3 is 0 Å². The highest BCUT2D eigenvalue weighted by molar-refractivity contribution is 5.83. The molecule has 0 saturated carbocycles. The van der Waals surface area contributed by atoms with Gasteiger partial charge in [-0.15, -0.1) is 0 Å². The van der Waals surface area contributed by atoms with Gasteiger partial charge in [0, 0.05) is 11.1 Å². The van der Waals surface area contributed by atoms with E-state index in [1.54, 1.807) is 12.1 Å². The van der Waals surface area contributed by atoms with Crippen LogP contribution in [0.15, 0.2) is 48.5 Å². The molecule has 0 nitrogen and oxygen atoms in total. The first-order chi connectivity index (χ1) is 10.6. The molecular weight excluding hydrogens is 285 g/mol. The van der Waals surface area contributed by atoms with Gasteiger partial charge in [-0.25, -0.2) is 13.2 Å². The Kier molecular flexibility index (Phi) is 5.82. The van der Waals surface area contributed by atoms with Crippen molar-refractivity contribution in [3.05, 3.63) is 71.0 Å². The summed E-state index contributed by atoms with van der Waals surface area (Å²) in [6.45, 7) is 2.14. The molecule has 2 aromatic carbocycles. The van der Waals surface area contributed by atoms with E-state index in [4.69, 9.17) is 0 Å². The van der Waals surface area contributed by atoms with Gasteiger partial charge in [0.1, 0.15) is 5.82 Å². The van der Waals surface area contributed by atoms with Crippen LogP contribution < -0.4 is 0 Å². The molecule has 0 atom stereocenters. The molecule has 0 radical (unpaired) electrons. The monoisotopic (exact) mass is 304 g/mol. The standard InChI is InChI=1S/C19H19F3/c1-2-3-4-5-14-6-8-15(9-7-14)18(21)19(22)16-10-12-17(20)13-11-16/h6-13H,2-5H2,1H3/b19-18+. The third-order valence-electron chi connectivity index (χ3n) is 3.57. The first-order valence-electron chi connectivity index (χ1n) is 7.52. The topological polar surface area (TPSA) is 0 Å². The summed E-state index contributed by atoms with van der Waals surface area (Å²) in [5, 5.41) is 0. The molecule has 0 N–H and O–H groups in total. The van der Waals surface area contributed by atoms with Gasteiger partial charge in [0.05, 0.1) is 0 Å². The van der Waals surface area contributed by atoms with Crippen LogP contribution in [0.3, 0.4) is 0 Å². The van der Waals surface area contributed by atoms with Gasteiger partial charge in [0.15, 0.2) is 11.7 Å². The van der Waals surface area contributed by atoms with Crippen LogP contribution in [0.25, 0.3) is 11.7 Å². The van der Waals surface area contributed by atoms with Crippen molar-refractivity contribution in [2.24, 2.45) is 0 Å². The Morgan fingerprint density at radius 2 is 1.27 bits per heavy atom. The van der Waals surface area contributed by atoms with Gasteiger partial charge in [-0.3, -0.25) is 0 Å². The van der Waals surface area contributed by atoms with Gasteiger partial charge in [-0.2, -0.15) is 0 Å². The number of benzene rings is 2. The van der Waals surface area contributed by atoms with E-state index in [0.717, 1.165) is 43.4 Å². The first-order valence-corrected chi connectivity index (χ1v) is 7.52. The quantitative estimate of drug-likeness (QED) is 0.432. The van der Waals surface area contributed by atoms with Crippen LogP contribution in [0.2, 0.25) is 0 Å². The van der Waals surface area contributed by atoms with Crippen molar-refractivity contribution in [2.75, 3.05) is 0 Å². The van der Waals surface area contributed by atoms with Crippen molar-refractivity contribution in [1.82, 2.24) is 0 Å². The third kappa shape index (κ3) is 4.23. The highest BCUT2D eigenvalue weighted by Gasteiger charge is 2.11. The molecule has 0 unspecified atom stereocenters. The molecule has 0 bridgehead atoms. The molecule has 0 saturated heterocycles. The van der Waals surface area contributed by atoms with Gasteiger partial charge in [-0.1, -0.05) is 44.0 Å². The minimum absolute atomic E-state index is 0.0333. The van der Waals surface area contributed by atoms with Crippen LogP contribution in [0.5, 0.6) is 0 Å². The van der Waals surface area contributed by atoms with E-state index in [0.29, 0.717) is 0 Å². The van der Waals surface area contributed by atoms with Crippen molar-refractivity contribution >= 4 is 11.7 Å². The molecule has 0 aliphatic rings. The second-order valence-corrected chi connectivity index (χ2v) is 5.29. The van der Waals surface area contributed by atoms with E-state index in [-0.39, 0.29) is 11.1 Å². The number of rotatable bonds is 6. The van der Waals surface area contributed by atoms with Crippen molar-refractivity contribution in [2.45, 2.75) is 32.6 Å². The lowest BCUT2D eigenvalue weighted by Gasteiger charge is -2.05. The minimum Gasteiger partial charge on any atom is -0.207 e. The maximum absolute atomic E-state index is 14.2. The summed E-state index contributed by atoms with van der Waals surface area (Å²) < 4.78 is 41.1. The Morgan fingerprint density at radius 3 is 1.77 bits per heavy atom. The molecule has 2 rings (SSSR count). The molecule has 0 aromatic heterocycles. The zero-order valence-corrected chi connectivity index (χ0v) is 12.6. The van der Waals surface area contributed by atoms with E-state index in [9.17, 15) is 13.2 Å². The maximum atomic E-state index is 14.2. The fourth-order valence-corrected chi connectivity index (χ4v) is 2.25. The van der Waals surface area contributed by atoms with Crippen LogP contribution >= 0.6 is 0 Å². The van der Waals surface area contributed by atoms with Crippen molar-refractivity contribution in [3.63, 3.8) is 0 Å². The average Bonchev–Trinajstić information content (AvgIpc) is 2.55. The normalized spacial score (nSPS) is 12.2. The zero-order valence-electron chi connectivity index (χ0n) is 12.6. The number of halogens is 3. The van der Waals surface area contributed by atoms with Crippen LogP contribution in [0.4, 0.5) is 13.2 Å². The summed E-state index contributed by atoms with van der Waals surface area (Å²) in [6.07, 6.45) is 4.35. The molecular formula is C19H19F3. The SMILES string of the molecule is CCCCCc1ccc(/C(F)=C(\F)c2ccc(F)cc2)cc1. The Bertz CT molecular complexity index is 625. The third-order valence-corrected chi connectivity index (χ3v) is 3.57. The van der Waals surface area contributed by atoms with Crippen molar-refractivity contribution in [1.29, 1.82) is 0 Å². The minimum atomic E-state index is -0.973. The van der Waals surface area contributed by atoms with Gasteiger partial charge in [-0.05, 0) is 42.7 Å². The lowest BCUT2D eigenvalue weighted by molar-refractivity contribution is 0.627. The maximum Gasteiger partial charge on any atom is 0.166 e. The van der Waals surface area contributed by atoms with Crippen LogP contribution in [0.1, 0.15) is 42.9 Å². The summed E-state index contributed by atoms with van der Waals surface area (Å²) in [7, 11) is 0. The van der Waals surface area contributed by atoms with E-state index in [2.05, 4.69) is 6.92 Å². The van der Waals surface area contributed by atoms with Gasteiger partial charge >= 0.3 is 0 Å². The van der Waals surface area contributed by atoms with Crippen molar-refractivity contribution < 1.29 is 13.2 Å². The highest BCUT2D eigenvalue weighted by Crippen LogP contribution is 2.29. The number of hydrogen-bond acceptors (Lipinski definition) is 0. The average molecular weight is 304 g/mol. The van der Waals surface area contributed by atoms with E-state index in [1.807, 2.05) is 12.1 Å². The summed E-state index contributed by atoms with van der Waals surface area (Å²) in [4.78, 5) is 0. The molecule has 3 heteroatoms. The molecule has 0 fully saturated rings. The Hall–Kier alpha value is -2.03. The van der Waals surface area contributed by atoms with E-state index < -0.39 is 17.5 Å². The molecule has 0 spiro atoms. The fraction of sp³-hybridized carbons (Fsp3) is 0.263. The molecule has 0 aliphatic carbocycles. The summed E-state index contributed by atoms with van der Waals surface area (Å²) in [5.41, 5.74) is 1.35. The lowest BCUT2D eigenvalue weighted by atomic mass is 10.0.